The van der Waals surface area contributed by atoms with Crippen LogP contribution in [0.4, 0.5) is 0 Å². The highest BCUT2D eigenvalue weighted by molar-refractivity contribution is 7.45. The summed E-state index contributed by atoms with van der Waals surface area (Å²) in [5.74, 6) is -0.539. The largest absolute Gasteiger partial charge is 0.756 e. The quantitative estimate of drug-likeness (QED) is 0.0212. The lowest BCUT2D eigenvalue weighted by molar-refractivity contribution is -0.870. The number of hydrogen-bond donors (Lipinski definition) is 1. The van der Waals surface area contributed by atoms with Gasteiger partial charge in [0.15, 0.2) is 0 Å². The van der Waals surface area contributed by atoms with Gasteiger partial charge in [0.2, 0.25) is 5.91 Å². The van der Waals surface area contributed by atoms with Gasteiger partial charge < -0.3 is 28.5 Å². The summed E-state index contributed by atoms with van der Waals surface area (Å²) < 4.78 is 30.1. The first kappa shape index (κ1) is 62.5. The van der Waals surface area contributed by atoms with E-state index in [1.54, 1.807) is 0 Å². The molecule has 64 heavy (non-hydrogen) atoms. The minimum absolute atomic E-state index is 0.0199. The number of phosphoric acid groups is 1. The Morgan fingerprint density at radius 3 is 1.34 bits per heavy atom. The van der Waals surface area contributed by atoms with Gasteiger partial charge in [-0.1, -0.05) is 212 Å². The molecule has 1 N–H and O–H groups in total. The maximum atomic E-state index is 13.4. The Morgan fingerprint density at radius 2 is 0.906 bits per heavy atom. The van der Waals surface area contributed by atoms with Gasteiger partial charge in [0.05, 0.1) is 33.8 Å². The molecule has 10 heteroatoms. The van der Waals surface area contributed by atoms with Crippen LogP contribution in [0.3, 0.4) is 0 Å². The predicted octanol–water partition coefficient (Wildman–Crippen LogP) is 15.2. The van der Waals surface area contributed by atoms with E-state index >= 15 is 0 Å². The van der Waals surface area contributed by atoms with Crippen molar-refractivity contribution in [2.24, 2.45) is 0 Å². The minimum atomic E-state index is -4.68. The number of nitrogens with zero attached hydrogens (tertiary/aromatic N) is 1. The molecule has 0 saturated carbocycles. The molecule has 0 radical (unpaired) electrons. The van der Waals surface area contributed by atoms with E-state index in [4.69, 9.17) is 13.8 Å². The number of amides is 1. The number of unbranched alkanes of at least 4 members (excludes halogenated alkanes) is 31. The van der Waals surface area contributed by atoms with Crippen LogP contribution < -0.4 is 10.2 Å². The normalized spacial score (nSPS) is 14.0. The Bertz CT molecular complexity index is 1160. The van der Waals surface area contributed by atoms with Crippen molar-refractivity contribution in [3.63, 3.8) is 0 Å². The molecule has 0 bridgehead atoms. The van der Waals surface area contributed by atoms with Crippen molar-refractivity contribution >= 4 is 19.7 Å². The Morgan fingerprint density at radius 1 is 0.531 bits per heavy atom. The van der Waals surface area contributed by atoms with Crippen LogP contribution in [0.15, 0.2) is 24.3 Å². The fourth-order valence-corrected chi connectivity index (χ4v) is 8.59. The zero-order valence-corrected chi connectivity index (χ0v) is 43.9. The van der Waals surface area contributed by atoms with Crippen LogP contribution in [-0.4, -0.2) is 69.4 Å². The molecule has 0 saturated heterocycles. The third-order valence-electron chi connectivity index (χ3n) is 12.1. The van der Waals surface area contributed by atoms with Crippen molar-refractivity contribution in [3.05, 3.63) is 24.3 Å². The second kappa shape index (κ2) is 45.3. The first-order valence-electron chi connectivity index (χ1n) is 27.1. The van der Waals surface area contributed by atoms with Gasteiger partial charge in [-0.15, -0.1) is 0 Å². The number of quaternary nitrogens is 1. The van der Waals surface area contributed by atoms with E-state index in [0.29, 0.717) is 17.4 Å². The molecule has 0 aromatic rings. The highest BCUT2D eigenvalue weighted by Gasteiger charge is 2.27. The molecule has 0 heterocycles. The molecule has 0 rings (SSSR count). The van der Waals surface area contributed by atoms with Crippen LogP contribution >= 0.6 is 7.82 Å². The number of ether oxygens (including phenoxy) is 1. The Balaban J connectivity index is 5.38. The summed E-state index contributed by atoms with van der Waals surface area (Å²) in [5.41, 5.74) is 0. The number of carbonyl (C=O) groups excluding carboxylic acids is 2. The molecular formula is C54H105N2O7P. The molecule has 0 fully saturated rings. The van der Waals surface area contributed by atoms with Crippen molar-refractivity contribution in [1.29, 1.82) is 0 Å². The van der Waals surface area contributed by atoms with Crippen LogP contribution in [0, 0.1) is 0 Å². The Hall–Kier alpha value is -1.51. The molecule has 3 atom stereocenters. The number of hydrogen-bond acceptors (Lipinski definition) is 7. The van der Waals surface area contributed by atoms with Crippen molar-refractivity contribution in [2.75, 3.05) is 40.9 Å². The van der Waals surface area contributed by atoms with Crippen LogP contribution in [-0.2, 0) is 27.9 Å². The molecule has 0 aromatic heterocycles. The number of phosphoric ester groups is 1. The predicted molar refractivity (Wildman–Crippen MR) is 270 cm³/mol. The fourth-order valence-electron chi connectivity index (χ4n) is 7.87. The van der Waals surface area contributed by atoms with Crippen LogP contribution in [0.2, 0.25) is 0 Å². The Labute approximate surface area is 396 Å². The lowest BCUT2D eigenvalue weighted by Gasteiger charge is -2.30. The number of nitrogens with one attached hydrogen (secondary N) is 1. The van der Waals surface area contributed by atoms with E-state index in [1.165, 1.54) is 154 Å². The van der Waals surface area contributed by atoms with Gasteiger partial charge in [0.1, 0.15) is 19.3 Å². The summed E-state index contributed by atoms with van der Waals surface area (Å²) in [5, 5.41) is 3.01. The molecular weight excluding hydrogens is 820 g/mol. The first-order valence-corrected chi connectivity index (χ1v) is 28.6. The van der Waals surface area contributed by atoms with Crippen molar-refractivity contribution in [2.45, 2.75) is 270 Å². The first-order chi connectivity index (χ1) is 30.9. The maximum Gasteiger partial charge on any atom is 0.306 e. The van der Waals surface area contributed by atoms with Crippen LogP contribution in [0.1, 0.15) is 258 Å². The molecule has 0 aliphatic carbocycles. The zero-order valence-electron chi connectivity index (χ0n) is 43.0. The summed E-state index contributed by atoms with van der Waals surface area (Å²) in [6, 6.07) is -0.881. The second-order valence-corrected chi connectivity index (χ2v) is 21.1. The van der Waals surface area contributed by atoms with Crippen molar-refractivity contribution in [1.82, 2.24) is 5.32 Å². The molecule has 1 amide bonds. The fraction of sp³-hybridized carbons (Fsp3) is 0.889. The van der Waals surface area contributed by atoms with Crippen molar-refractivity contribution < 1.29 is 37.3 Å². The summed E-state index contributed by atoms with van der Waals surface area (Å²) in [6.45, 7) is 6.82. The molecule has 0 spiro atoms. The van der Waals surface area contributed by atoms with E-state index in [-0.39, 0.29) is 31.5 Å². The van der Waals surface area contributed by atoms with Crippen LogP contribution in [0.5, 0.6) is 0 Å². The van der Waals surface area contributed by atoms with Gasteiger partial charge in [0.25, 0.3) is 7.82 Å². The number of likely N-dealkylation sites (N-methyl/N-ethyl adjacent to an activating group) is 1. The number of esters is 1. The average Bonchev–Trinajstić information content (AvgIpc) is 3.25. The summed E-state index contributed by atoms with van der Waals surface area (Å²) >= 11 is 0. The number of rotatable bonds is 49. The van der Waals surface area contributed by atoms with Gasteiger partial charge in [-0.05, 0) is 57.4 Å². The molecule has 0 aromatic carbocycles. The van der Waals surface area contributed by atoms with Gasteiger partial charge in [-0.3, -0.25) is 14.2 Å². The van der Waals surface area contributed by atoms with Gasteiger partial charge >= 0.3 is 5.97 Å². The number of carbonyl (C=O) groups is 2. The smallest absolute Gasteiger partial charge is 0.306 e. The standard InChI is InChI=1S/C54H105N2O7P/c1-7-10-13-16-19-22-25-27-28-29-32-35-38-41-44-47-54(58)63-52(45-42-39-36-33-31-26-23-20-17-14-11-8-2)51(50-62-64(59,60)61-49-48-56(4,5)6)55-53(57)46-43-40-37-34-30-24-21-18-15-12-9-3/h22,25,42,45,51-52H,7-21,23-24,26-41,43-44,46-50H2,1-6H3,(H-,55,57,59,60)/b25-22-,45-42+. The molecule has 0 aliphatic heterocycles. The molecule has 378 valence electrons. The van der Waals surface area contributed by atoms with Crippen molar-refractivity contribution in [3.8, 4) is 0 Å². The maximum absolute atomic E-state index is 13.4. The lowest BCUT2D eigenvalue weighted by atomic mass is 10.0. The van der Waals surface area contributed by atoms with Crippen LogP contribution in [0.25, 0.3) is 0 Å². The van der Waals surface area contributed by atoms with E-state index < -0.39 is 20.0 Å². The topological polar surface area (TPSA) is 114 Å². The van der Waals surface area contributed by atoms with Gasteiger partial charge in [-0.2, -0.15) is 0 Å². The summed E-state index contributed by atoms with van der Waals surface area (Å²) in [4.78, 5) is 39.7. The third kappa shape index (κ3) is 45.6. The van der Waals surface area contributed by atoms with Gasteiger partial charge in [0, 0.05) is 12.8 Å². The lowest BCUT2D eigenvalue weighted by Crippen LogP contribution is -2.47. The average molecular weight is 925 g/mol. The van der Waals surface area contributed by atoms with E-state index in [0.717, 1.165) is 70.6 Å². The minimum Gasteiger partial charge on any atom is -0.756 e. The third-order valence-corrected chi connectivity index (χ3v) is 13.1. The SMILES string of the molecule is CCCCCC/C=C\CCCCCCCCCC(=O)OC(/C=C/CCCCCCCCCCCC)C(COP(=O)([O-])OCC[N+](C)(C)C)NC(=O)CCCCCCCCCCCCC. The van der Waals surface area contributed by atoms with E-state index in [9.17, 15) is 19.0 Å². The zero-order chi connectivity index (χ0) is 47.3. The monoisotopic (exact) mass is 925 g/mol. The van der Waals surface area contributed by atoms with E-state index in [1.807, 2.05) is 33.3 Å². The Kier molecular flexibility index (Phi) is 44.2. The molecule has 3 unspecified atom stereocenters. The summed E-state index contributed by atoms with van der Waals surface area (Å²) in [6.07, 6.45) is 49.9. The van der Waals surface area contributed by atoms with E-state index in [2.05, 4.69) is 38.2 Å². The highest BCUT2D eigenvalue weighted by Crippen LogP contribution is 2.38. The molecule has 9 nitrogen and oxygen atoms in total. The summed E-state index contributed by atoms with van der Waals surface area (Å²) in [7, 11) is 1.19. The van der Waals surface area contributed by atoms with Gasteiger partial charge in [-0.25, -0.2) is 0 Å². The highest BCUT2D eigenvalue weighted by atomic mass is 31.2. The second-order valence-electron chi connectivity index (χ2n) is 19.7. The number of allylic oxidation sites excluding steroid dienone is 3. The molecule has 0 aliphatic rings.